The Morgan fingerprint density at radius 3 is 3.00 bits per heavy atom. The highest BCUT2D eigenvalue weighted by atomic mass is 16.5. The zero-order valence-corrected chi connectivity index (χ0v) is 7.41. The number of aliphatic hydroxyl groups excluding tert-OH is 1. The Balaban J connectivity index is 2.34. The summed E-state index contributed by atoms with van der Waals surface area (Å²) in [6, 6.07) is 0. The summed E-state index contributed by atoms with van der Waals surface area (Å²) in [5.74, 6) is 0.243. The standard InChI is InChI=1S/C8H13BO3/c1-4-2-5-3-12-7(11)8(5,9)6(4)10/h4-6,10H,2-3,9H2,1H3/t4-,5-,6?,8-/m1/s1. The third-order valence-electron chi connectivity index (χ3n) is 3.51. The summed E-state index contributed by atoms with van der Waals surface area (Å²) in [6.07, 6.45) is 0.390. The molecule has 2 aliphatic rings. The van der Waals surface area contributed by atoms with E-state index in [1.54, 1.807) is 0 Å². The third kappa shape index (κ3) is 0.737. The first-order valence-corrected chi connectivity index (χ1v) is 4.42. The minimum Gasteiger partial charge on any atom is -0.465 e. The van der Waals surface area contributed by atoms with Gasteiger partial charge in [-0.05, 0) is 12.3 Å². The predicted molar refractivity (Wildman–Crippen MR) is 45.5 cm³/mol. The van der Waals surface area contributed by atoms with Crippen LogP contribution in [0.5, 0.6) is 0 Å². The van der Waals surface area contributed by atoms with Gasteiger partial charge in [0, 0.05) is 5.92 Å². The van der Waals surface area contributed by atoms with Gasteiger partial charge in [0.15, 0.2) is 0 Å². The Labute approximate surface area is 72.5 Å². The highest BCUT2D eigenvalue weighted by Gasteiger charge is 2.59. The number of ether oxygens (including phenoxy) is 1. The van der Waals surface area contributed by atoms with Gasteiger partial charge in [-0.2, -0.15) is 0 Å². The molecule has 1 saturated carbocycles. The number of fused-ring (bicyclic) bond motifs is 1. The first-order chi connectivity index (χ1) is 5.56. The Morgan fingerprint density at radius 2 is 2.42 bits per heavy atom. The second-order valence-electron chi connectivity index (χ2n) is 4.24. The van der Waals surface area contributed by atoms with Gasteiger partial charge < -0.3 is 9.84 Å². The zero-order valence-electron chi connectivity index (χ0n) is 7.41. The first kappa shape index (κ1) is 8.11. The number of rotatable bonds is 0. The van der Waals surface area contributed by atoms with Crippen LogP contribution in [0.1, 0.15) is 13.3 Å². The van der Waals surface area contributed by atoms with E-state index < -0.39 is 11.4 Å². The Morgan fingerprint density at radius 1 is 1.75 bits per heavy atom. The first-order valence-electron chi connectivity index (χ1n) is 4.42. The molecule has 0 aromatic heterocycles. The van der Waals surface area contributed by atoms with Crippen molar-refractivity contribution < 1.29 is 14.6 Å². The van der Waals surface area contributed by atoms with Crippen LogP contribution in [0.15, 0.2) is 0 Å². The van der Waals surface area contributed by atoms with Crippen LogP contribution < -0.4 is 0 Å². The molecule has 1 N–H and O–H groups in total. The van der Waals surface area contributed by atoms with E-state index in [-0.39, 0.29) is 17.8 Å². The molecule has 66 valence electrons. The largest absolute Gasteiger partial charge is 0.465 e. The molecular weight excluding hydrogens is 155 g/mol. The van der Waals surface area contributed by atoms with E-state index in [1.165, 1.54) is 0 Å². The van der Waals surface area contributed by atoms with Gasteiger partial charge in [-0.15, -0.1) is 0 Å². The van der Waals surface area contributed by atoms with Gasteiger partial charge in [0.1, 0.15) is 7.85 Å². The molecular formula is C8H13BO3. The molecule has 1 aliphatic heterocycles. The highest BCUT2D eigenvalue weighted by Crippen LogP contribution is 2.54. The van der Waals surface area contributed by atoms with Crippen molar-refractivity contribution in [3.8, 4) is 0 Å². The summed E-state index contributed by atoms with van der Waals surface area (Å²) in [6.45, 7) is 2.48. The lowest BCUT2D eigenvalue weighted by Gasteiger charge is -2.23. The van der Waals surface area contributed by atoms with Crippen molar-refractivity contribution in [1.82, 2.24) is 0 Å². The molecule has 0 bridgehead atoms. The summed E-state index contributed by atoms with van der Waals surface area (Å²) in [7, 11) is 1.82. The van der Waals surface area contributed by atoms with E-state index in [4.69, 9.17) is 4.74 Å². The summed E-state index contributed by atoms with van der Waals surface area (Å²) < 4.78 is 4.94. The number of aliphatic hydroxyl groups is 1. The molecule has 1 aliphatic carbocycles. The van der Waals surface area contributed by atoms with Crippen molar-refractivity contribution in [3.05, 3.63) is 0 Å². The maximum atomic E-state index is 11.4. The fourth-order valence-corrected chi connectivity index (χ4v) is 2.52. The maximum absolute atomic E-state index is 11.4. The summed E-state index contributed by atoms with van der Waals surface area (Å²) in [5.41, 5.74) is 0. The lowest BCUT2D eigenvalue weighted by Crippen LogP contribution is -2.34. The second kappa shape index (κ2) is 2.25. The Kier molecular flexibility index (Phi) is 1.52. The molecule has 1 heterocycles. The monoisotopic (exact) mass is 168 g/mol. The number of hydrogen-bond donors (Lipinski definition) is 1. The molecule has 0 aromatic carbocycles. The average molecular weight is 168 g/mol. The number of carbonyl (C=O) groups is 1. The molecule has 2 rings (SSSR count). The van der Waals surface area contributed by atoms with E-state index in [2.05, 4.69) is 0 Å². The number of hydrogen-bond acceptors (Lipinski definition) is 3. The van der Waals surface area contributed by atoms with E-state index in [0.717, 1.165) is 6.42 Å². The topological polar surface area (TPSA) is 46.5 Å². The summed E-state index contributed by atoms with van der Waals surface area (Å²) in [4.78, 5) is 11.4. The molecule has 0 radical (unpaired) electrons. The van der Waals surface area contributed by atoms with Crippen molar-refractivity contribution >= 4 is 13.8 Å². The highest BCUT2D eigenvalue weighted by molar-refractivity contribution is 6.28. The van der Waals surface area contributed by atoms with Gasteiger partial charge in [0.25, 0.3) is 0 Å². The lowest BCUT2D eigenvalue weighted by molar-refractivity contribution is -0.143. The maximum Gasteiger partial charge on any atom is 0.306 e. The lowest BCUT2D eigenvalue weighted by atomic mass is 9.62. The van der Waals surface area contributed by atoms with E-state index in [9.17, 15) is 9.90 Å². The number of carbonyl (C=O) groups excluding carboxylic acids is 1. The Bertz CT molecular complexity index is 226. The van der Waals surface area contributed by atoms with E-state index >= 15 is 0 Å². The van der Waals surface area contributed by atoms with Crippen molar-refractivity contribution in [2.45, 2.75) is 24.8 Å². The summed E-state index contributed by atoms with van der Waals surface area (Å²) in [5, 5.41) is 9.19. The molecule has 0 aromatic rings. The zero-order chi connectivity index (χ0) is 8.93. The molecule has 1 saturated heterocycles. The summed E-state index contributed by atoms with van der Waals surface area (Å²) >= 11 is 0. The normalized spacial score (nSPS) is 52.2. The van der Waals surface area contributed by atoms with Crippen LogP contribution in [-0.4, -0.2) is 31.6 Å². The van der Waals surface area contributed by atoms with E-state index in [1.807, 2.05) is 14.8 Å². The van der Waals surface area contributed by atoms with E-state index in [0.29, 0.717) is 6.61 Å². The Hall–Kier alpha value is -0.505. The number of cyclic esters (lactones) is 1. The van der Waals surface area contributed by atoms with Crippen LogP contribution in [0, 0.1) is 11.8 Å². The van der Waals surface area contributed by atoms with Crippen LogP contribution in [0.25, 0.3) is 0 Å². The molecule has 2 fully saturated rings. The minimum absolute atomic E-state index is 0.218. The van der Waals surface area contributed by atoms with Crippen molar-refractivity contribution in [2.75, 3.05) is 6.61 Å². The fourth-order valence-electron chi connectivity index (χ4n) is 2.52. The molecule has 0 spiro atoms. The molecule has 4 atom stereocenters. The van der Waals surface area contributed by atoms with Crippen molar-refractivity contribution in [2.24, 2.45) is 11.8 Å². The quantitative estimate of drug-likeness (QED) is 0.386. The molecule has 0 amide bonds. The van der Waals surface area contributed by atoms with Gasteiger partial charge in [0.2, 0.25) is 0 Å². The van der Waals surface area contributed by atoms with Gasteiger partial charge in [-0.25, -0.2) is 0 Å². The van der Waals surface area contributed by atoms with Crippen LogP contribution in [0.4, 0.5) is 0 Å². The van der Waals surface area contributed by atoms with Crippen molar-refractivity contribution in [1.29, 1.82) is 0 Å². The van der Waals surface area contributed by atoms with Crippen LogP contribution in [0.2, 0.25) is 5.31 Å². The van der Waals surface area contributed by atoms with Crippen LogP contribution in [0.3, 0.4) is 0 Å². The van der Waals surface area contributed by atoms with Gasteiger partial charge in [-0.1, -0.05) is 6.92 Å². The SMILES string of the molecule is B[C@]12C(=O)OC[C@H]1C[C@@H](C)C2O. The minimum atomic E-state index is -0.612. The third-order valence-corrected chi connectivity index (χ3v) is 3.51. The fraction of sp³-hybridized carbons (Fsp3) is 0.875. The van der Waals surface area contributed by atoms with Gasteiger partial charge in [-0.3, -0.25) is 4.79 Å². The second-order valence-corrected chi connectivity index (χ2v) is 4.24. The molecule has 1 unspecified atom stereocenters. The predicted octanol–water partition coefficient (Wildman–Crippen LogP) is -0.648. The smallest absolute Gasteiger partial charge is 0.306 e. The number of esters is 1. The molecule has 3 nitrogen and oxygen atoms in total. The van der Waals surface area contributed by atoms with Gasteiger partial charge >= 0.3 is 5.97 Å². The van der Waals surface area contributed by atoms with Crippen LogP contribution in [-0.2, 0) is 9.53 Å². The van der Waals surface area contributed by atoms with Gasteiger partial charge in [0.05, 0.1) is 18.0 Å². The average Bonchev–Trinajstić information content (AvgIpc) is 2.41. The molecule has 4 heteroatoms. The van der Waals surface area contributed by atoms with Crippen LogP contribution >= 0.6 is 0 Å². The molecule has 12 heavy (non-hydrogen) atoms. The van der Waals surface area contributed by atoms with Crippen molar-refractivity contribution in [3.63, 3.8) is 0 Å².